The molecule has 0 saturated carbocycles. The maximum Gasteiger partial charge on any atom is 0.411 e. The lowest BCUT2D eigenvalue weighted by molar-refractivity contribution is 0.116. The summed E-state index contributed by atoms with van der Waals surface area (Å²) in [5.74, 6) is 0.974. The van der Waals surface area contributed by atoms with Crippen LogP contribution < -0.4 is 10.9 Å². The van der Waals surface area contributed by atoms with Crippen LogP contribution in [-0.4, -0.2) is 48.7 Å². The maximum absolute atomic E-state index is 12.1. The number of amides is 1. The molecule has 8 heteroatoms. The normalized spacial score (nSPS) is 15.4. The first-order valence-corrected chi connectivity index (χ1v) is 10.1. The molecule has 1 aromatic carbocycles. The zero-order chi connectivity index (χ0) is 20.9. The van der Waals surface area contributed by atoms with Gasteiger partial charge in [-0.2, -0.15) is 0 Å². The Morgan fingerprint density at radius 1 is 1.10 bits per heavy atom. The average Bonchev–Trinajstić information content (AvgIpc) is 3.22. The first-order valence-electron chi connectivity index (χ1n) is 10.1. The topological polar surface area (TPSA) is 88.2 Å². The predicted molar refractivity (Wildman–Crippen MR) is 112 cm³/mol. The number of benzene rings is 1. The van der Waals surface area contributed by atoms with E-state index in [-0.39, 0.29) is 6.61 Å². The Morgan fingerprint density at radius 3 is 2.57 bits per heavy atom. The monoisotopic (exact) mass is 411 g/mol. The minimum Gasteiger partial charge on any atom is -0.468 e. The Kier molecular flexibility index (Phi) is 6.15. The summed E-state index contributed by atoms with van der Waals surface area (Å²) in [7, 11) is 0. The number of carbonyl (C=O) groups excluding carboxylic acids is 1. The number of ether oxygens (including phenoxy) is 1. The highest BCUT2D eigenvalue weighted by Crippen LogP contribution is 2.23. The molecule has 0 atom stereocenters. The smallest absolute Gasteiger partial charge is 0.411 e. The van der Waals surface area contributed by atoms with Gasteiger partial charge in [-0.05, 0) is 36.8 Å². The number of hydrogen-bond donors (Lipinski definition) is 1. The molecule has 0 aliphatic carbocycles. The van der Waals surface area contributed by atoms with Gasteiger partial charge in [0.2, 0.25) is 0 Å². The highest BCUT2D eigenvalue weighted by molar-refractivity contribution is 5.89. The van der Waals surface area contributed by atoms with Crippen molar-refractivity contribution >= 4 is 22.7 Å². The van der Waals surface area contributed by atoms with Gasteiger partial charge in [0.05, 0.1) is 19.4 Å². The number of rotatable bonds is 6. The number of piperazine rings is 1. The largest absolute Gasteiger partial charge is 0.468 e. The molecule has 1 aliphatic heterocycles. The molecule has 8 nitrogen and oxygen atoms in total. The third-order valence-corrected chi connectivity index (χ3v) is 5.17. The quantitative estimate of drug-likeness (QED) is 0.623. The molecule has 3 aromatic rings. The molecule has 158 valence electrons. The molecule has 1 amide bonds. The summed E-state index contributed by atoms with van der Waals surface area (Å²) >= 11 is 0. The van der Waals surface area contributed by atoms with Crippen LogP contribution in [0, 0.1) is 0 Å². The van der Waals surface area contributed by atoms with Gasteiger partial charge in [-0.25, -0.2) is 9.59 Å². The van der Waals surface area contributed by atoms with E-state index in [1.807, 2.05) is 18.2 Å². The first kappa shape index (κ1) is 20.2. The van der Waals surface area contributed by atoms with E-state index in [0.29, 0.717) is 17.8 Å². The number of anilines is 1. The zero-order valence-electron chi connectivity index (χ0n) is 16.9. The summed E-state index contributed by atoms with van der Waals surface area (Å²) in [4.78, 5) is 28.4. The van der Waals surface area contributed by atoms with Gasteiger partial charge in [0, 0.05) is 55.9 Å². The van der Waals surface area contributed by atoms with Gasteiger partial charge in [0.1, 0.15) is 11.3 Å². The maximum atomic E-state index is 12.1. The molecule has 0 radical (unpaired) electrons. The standard InChI is InChI=1S/C22H25N3O5/c1-2-28-22(27)23-17-5-6-19-16(12-21(26)30-20(19)13-17)14-24-7-9-25(10-8-24)15-18-4-3-11-29-18/h3-6,11-13H,2,7-10,14-15H2,1H3,(H,23,27). The van der Waals surface area contributed by atoms with E-state index in [1.54, 1.807) is 31.4 Å². The van der Waals surface area contributed by atoms with Crippen LogP contribution in [0.2, 0.25) is 0 Å². The molecule has 4 rings (SSSR count). The summed E-state index contributed by atoms with van der Waals surface area (Å²) in [6, 6.07) is 10.7. The number of nitrogens with one attached hydrogen (secondary N) is 1. The van der Waals surface area contributed by atoms with Crippen molar-refractivity contribution in [1.29, 1.82) is 0 Å². The molecule has 30 heavy (non-hydrogen) atoms. The van der Waals surface area contributed by atoms with Gasteiger partial charge in [-0.1, -0.05) is 0 Å². The predicted octanol–water partition coefficient (Wildman–Crippen LogP) is 3.27. The minimum atomic E-state index is -0.539. The second-order valence-electron chi connectivity index (χ2n) is 7.28. The summed E-state index contributed by atoms with van der Waals surface area (Å²) in [5, 5.41) is 3.49. The van der Waals surface area contributed by atoms with Crippen LogP contribution in [0.4, 0.5) is 10.5 Å². The van der Waals surface area contributed by atoms with Crippen LogP contribution >= 0.6 is 0 Å². The highest BCUT2D eigenvalue weighted by Gasteiger charge is 2.19. The summed E-state index contributed by atoms with van der Waals surface area (Å²) < 4.78 is 15.7. The van der Waals surface area contributed by atoms with Crippen LogP contribution in [0.1, 0.15) is 18.2 Å². The van der Waals surface area contributed by atoms with E-state index in [4.69, 9.17) is 13.6 Å². The van der Waals surface area contributed by atoms with Gasteiger partial charge < -0.3 is 13.6 Å². The van der Waals surface area contributed by atoms with Crippen LogP contribution in [0.15, 0.2) is 56.3 Å². The fourth-order valence-electron chi connectivity index (χ4n) is 3.69. The van der Waals surface area contributed by atoms with Crippen molar-refractivity contribution in [1.82, 2.24) is 9.80 Å². The van der Waals surface area contributed by atoms with Crippen molar-refractivity contribution in [2.45, 2.75) is 20.0 Å². The molecular weight excluding hydrogens is 386 g/mol. The number of hydrogen-bond acceptors (Lipinski definition) is 7. The van der Waals surface area contributed by atoms with E-state index in [9.17, 15) is 9.59 Å². The van der Waals surface area contributed by atoms with Crippen LogP contribution in [0.25, 0.3) is 11.0 Å². The van der Waals surface area contributed by atoms with Gasteiger partial charge in [-0.15, -0.1) is 0 Å². The van der Waals surface area contributed by atoms with Gasteiger partial charge in [0.15, 0.2) is 0 Å². The third kappa shape index (κ3) is 4.90. The number of nitrogens with zero attached hydrogens (tertiary/aromatic N) is 2. The average molecular weight is 411 g/mol. The third-order valence-electron chi connectivity index (χ3n) is 5.17. The van der Waals surface area contributed by atoms with Crippen molar-refractivity contribution < 1.29 is 18.4 Å². The number of fused-ring (bicyclic) bond motifs is 1. The fraction of sp³-hybridized carbons (Fsp3) is 0.364. The van der Waals surface area contributed by atoms with E-state index < -0.39 is 11.7 Å². The van der Waals surface area contributed by atoms with Gasteiger partial charge in [0.25, 0.3) is 0 Å². The Morgan fingerprint density at radius 2 is 1.87 bits per heavy atom. The first-order chi connectivity index (χ1) is 14.6. The Balaban J connectivity index is 1.43. The summed E-state index contributed by atoms with van der Waals surface area (Å²) in [6.07, 6.45) is 1.16. The molecule has 0 spiro atoms. The van der Waals surface area contributed by atoms with Crippen LogP contribution in [0.5, 0.6) is 0 Å². The lowest BCUT2D eigenvalue weighted by Gasteiger charge is -2.34. The number of carbonyl (C=O) groups is 1. The summed E-state index contributed by atoms with van der Waals surface area (Å²) in [5.41, 5.74) is 1.49. The Bertz CT molecular complexity index is 1050. The lowest BCUT2D eigenvalue weighted by atomic mass is 10.1. The van der Waals surface area contributed by atoms with Crippen molar-refractivity contribution in [3.05, 3.63) is 64.4 Å². The van der Waals surface area contributed by atoms with Crippen molar-refractivity contribution in [3.8, 4) is 0 Å². The molecule has 0 bridgehead atoms. The molecule has 1 aliphatic rings. The molecule has 2 aromatic heterocycles. The molecule has 3 heterocycles. The second-order valence-corrected chi connectivity index (χ2v) is 7.28. The van der Waals surface area contributed by atoms with E-state index in [0.717, 1.165) is 49.4 Å². The molecule has 1 N–H and O–H groups in total. The fourth-order valence-corrected chi connectivity index (χ4v) is 3.69. The molecular formula is C22H25N3O5. The SMILES string of the molecule is CCOC(=O)Nc1ccc2c(CN3CCN(Cc4ccco4)CC3)cc(=O)oc2c1. The van der Waals surface area contributed by atoms with E-state index in [1.165, 1.54) is 0 Å². The molecule has 1 saturated heterocycles. The Labute approximate surface area is 174 Å². The van der Waals surface area contributed by atoms with Gasteiger partial charge >= 0.3 is 11.7 Å². The minimum absolute atomic E-state index is 0.285. The highest BCUT2D eigenvalue weighted by atomic mass is 16.5. The van der Waals surface area contributed by atoms with Crippen LogP contribution in [-0.2, 0) is 17.8 Å². The van der Waals surface area contributed by atoms with Gasteiger partial charge in [-0.3, -0.25) is 15.1 Å². The summed E-state index contributed by atoms with van der Waals surface area (Å²) in [6.45, 7) is 7.20. The number of furan rings is 1. The van der Waals surface area contributed by atoms with Crippen LogP contribution in [0.3, 0.4) is 0 Å². The van der Waals surface area contributed by atoms with Crippen molar-refractivity contribution in [2.24, 2.45) is 0 Å². The van der Waals surface area contributed by atoms with Crippen molar-refractivity contribution in [3.63, 3.8) is 0 Å². The van der Waals surface area contributed by atoms with E-state index >= 15 is 0 Å². The Hall–Kier alpha value is -3.10. The second kappa shape index (κ2) is 9.15. The van der Waals surface area contributed by atoms with Crippen molar-refractivity contribution in [2.75, 3.05) is 38.1 Å². The molecule has 0 unspecified atom stereocenters. The van der Waals surface area contributed by atoms with E-state index in [2.05, 4.69) is 15.1 Å². The lowest BCUT2D eigenvalue weighted by Crippen LogP contribution is -2.45. The zero-order valence-corrected chi connectivity index (χ0v) is 16.9. The molecule has 1 fully saturated rings.